The predicted octanol–water partition coefficient (Wildman–Crippen LogP) is 1.92. The lowest BCUT2D eigenvalue weighted by atomic mass is 10.0. The molecule has 1 aromatic carbocycles. The van der Waals surface area contributed by atoms with Crippen molar-refractivity contribution in [3.05, 3.63) is 45.1 Å². The predicted molar refractivity (Wildman–Crippen MR) is 195 cm³/mol. The summed E-state index contributed by atoms with van der Waals surface area (Å²) < 4.78 is 0.541. The highest BCUT2D eigenvalue weighted by molar-refractivity contribution is 8.00. The molecule has 284 valence electrons. The number of phenols is 2. The average molecular weight is 793 g/mol. The van der Waals surface area contributed by atoms with Gasteiger partial charge in [-0.1, -0.05) is 22.0 Å². The van der Waals surface area contributed by atoms with Gasteiger partial charge in [-0.05, 0) is 26.0 Å². The maximum Gasteiger partial charge on any atom is 0.350 e. The van der Waals surface area contributed by atoms with E-state index in [9.17, 15) is 34.5 Å². The van der Waals surface area contributed by atoms with E-state index in [0.717, 1.165) is 47.8 Å². The number of thioether (sulfide) groups is 1. The summed E-state index contributed by atoms with van der Waals surface area (Å²) in [6.07, 6.45) is 1.84. The number of anilines is 1. The average Bonchev–Trinajstić information content (AvgIpc) is 3.77. The molecule has 2 fully saturated rings. The van der Waals surface area contributed by atoms with Gasteiger partial charge >= 0.3 is 5.97 Å². The molecule has 5 rings (SSSR count). The molecule has 0 bridgehead atoms. The van der Waals surface area contributed by atoms with Crippen molar-refractivity contribution in [2.24, 2.45) is 10.4 Å². The molecule has 4 heterocycles. The van der Waals surface area contributed by atoms with Gasteiger partial charge in [-0.3, -0.25) is 24.7 Å². The summed E-state index contributed by atoms with van der Waals surface area (Å²) in [5, 5.41) is 52.4. The first kappa shape index (κ1) is 39.2. The number of amidine groups is 1. The van der Waals surface area contributed by atoms with E-state index in [-0.39, 0.29) is 45.2 Å². The number of quaternary nitrogens is 1. The Hall–Kier alpha value is -4.99. The minimum atomic E-state index is -1.79. The number of fused-ring (bicyclic) bond motifs is 1. The van der Waals surface area contributed by atoms with E-state index in [1.165, 1.54) is 55.1 Å². The third kappa shape index (κ3) is 8.01. The number of carbonyl (C=O) groups is 4. The molecule has 2 unspecified atom stereocenters. The zero-order valence-electron chi connectivity index (χ0n) is 28.9. The Morgan fingerprint density at radius 1 is 1.26 bits per heavy atom. The lowest BCUT2D eigenvalue weighted by Gasteiger charge is -2.51. The van der Waals surface area contributed by atoms with Crippen LogP contribution >= 0.6 is 34.7 Å². The number of aromatic nitrogens is 1. The minimum Gasteiger partial charge on any atom is -0.504 e. The Kier molecular flexibility index (Phi) is 11.5. The maximum absolute atomic E-state index is 13.8. The number of carboxylic acid groups (broad SMARTS) is 1. The molecule has 1 aromatic heterocycles. The van der Waals surface area contributed by atoms with Crippen LogP contribution in [0.4, 0.5) is 5.13 Å². The second-order valence-electron chi connectivity index (χ2n) is 13.1. The van der Waals surface area contributed by atoms with Gasteiger partial charge in [0.15, 0.2) is 28.2 Å². The van der Waals surface area contributed by atoms with Gasteiger partial charge in [0.05, 0.1) is 42.5 Å². The number of halogens is 1. The molecule has 0 saturated carbocycles. The summed E-state index contributed by atoms with van der Waals surface area (Å²) in [6.45, 7) is 5.21. The Balaban J connectivity index is 1.36. The lowest BCUT2D eigenvalue weighted by molar-refractivity contribution is -0.911. The van der Waals surface area contributed by atoms with Gasteiger partial charge in [-0.25, -0.2) is 14.8 Å². The first-order valence-corrected chi connectivity index (χ1v) is 18.5. The van der Waals surface area contributed by atoms with Gasteiger partial charge < -0.3 is 41.0 Å². The van der Waals surface area contributed by atoms with Crippen molar-refractivity contribution >= 4 is 75.1 Å². The Morgan fingerprint density at radius 3 is 2.58 bits per heavy atom. The topological polar surface area (TPSA) is 280 Å². The summed E-state index contributed by atoms with van der Waals surface area (Å²) in [5.41, 5.74) is 12.2. The number of nitrogens with one attached hydrogen (secondary N) is 4. The second-order valence-corrected chi connectivity index (χ2v) is 15.5. The molecule has 0 spiro atoms. The van der Waals surface area contributed by atoms with Crippen molar-refractivity contribution in [1.29, 1.82) is 10.9 Å². The largest absolute Gasteiger partial charge is 0.504 e. The number of oxime groups is 1. The highest BCUT2D eigenvalue weighted by Crippen LogP contribution is 2.42. The number of nitrogens with two attached hydrogens (primary N) is 1. The number of aromatic hydroxyl groups is 2. The van der Waals surface area contributed by atoms with Crippen LogP contribution < -0.4 is 16.4 Å². The summed E-state index contributed by atoms with van der Waals surface area (Å²) in [5.74, 6) is -4.07. The molecule has 9 N–H and O–H groups in total. The number of thiazole rings is 1. The molecule has 53 heavy (non-hydrogen) atoms. The van der Waals surface area contributed by atoms with Crippen LogP contribution in [0.2, 0.25) is 5.02 Å². The van der Waals surface area contributed by atoms with Gasteiger partial charge in [0.2, 0.25) is 5.60 Å². The van der Waals surface area contributed by atoms with E-state index < -0.39 is 52.2 Å². The molecule has 2 saturated heterocycles. The van der Waals surface area contributed by atoms with Crippen LogP contribution in [0.1, 0.15) is 42.7 Å². The van der Waals surface area contributed by atoms with Gasteiger partial charge in [0.1, 0.15) is 23.7 Å². The fraction of sp³-hybridized carbons (Fsp3) is 0.452. The van der Waals surface area contributed by atoms with Gasteiger partial charge in [0.25, 0.3) is 17.7 Å². The first-order valence-electron chi connectivity index (χ1n) is 16.2. The summed E-state index contributed by atoms with van der Waals surface area (Å²) in [4.78, 5) is 62.6. The number of hydrogen-bond acceptors (Lipinski definition) is 15. The standard InChI is InChI=1S/C31H38ClN11O8S2/c1-31(2,29(49)50)51-39-20(17-14-53-30(34)37-17)26(47)38-21-27(48)42-22(24(33)41(3)40-35)15(13-52-28(21)42)12-43(9-4-5-10-43)11-8-36-25(46)16-6-7-18(44)23(45)19(16)32/h6-7,14,21,28,33H,4-5,8-13H2,1-3H3,(H7-,34,35,36,37,38,39,40,44,45,46,47,49,50)/p+1. The number of nitrogen functional groups attached to an aromatic ring is 1. The SMILES string of the molecule is CN(N=N)C(=N)C1=C(C[N+]2(CCNC(=O)c3ccc(O)c(O)c3Cl)CCCC2)CSC2C(NC(=O)/C(=N\OC(C)(C)C(=O)O)c3csc(N)n3)C(=O)N12. The number of rotatable bonds is 14. The summed E-state index contributed by atoms with van der Waals surface area (Å²) in [7, 11) is 1.42. The molecule has 2 aromatic rings. The van der Waals surface area contributed by atoms with Crippen LogP contribution in [0.25, 0.3) is 0 Å². The number of phenolic OH excluding ortho intramolecular Hbond substituents is 2. The zero-order valence-corrected chi connectivity index (χ0v) is 31.3. The van der Waals surface area contributed by atoms with E-state index in [2.05, 4.69) is 26.0 Å². The van der Waals surface area contributed by atoms with Gasteiger partial charge in [-0.2, -0.15) is 5.53 Å². The molecule has 3 amide bonds. The zero-order chi connectivity index (χ0) is 38.8. The number of likely N-dealkylation sites (tertiary alicyclic amines) is 1. The number of amides is 3. The molecule has 19 nitrogen and oxygen atoms in total. The molecule has 2 atom stereocenters. The van der Waals surface area contributed by atoms with Gasteiger partial charge in [0, 0.05) is 36.6 Å². The molecular weight excluding hydrogens is 754 g/mol. The molecule has 22 heteroatoms. The van der Waals surface area contributed by atoms with E-state index in [0.29, 0.717) is 23.3 Å². The second kappa shape index (κ2) is 15.5. The van der Waals surface area contributed by atoms with Crippen LogP contribution in [0.15, 0.2) is 39.2 Å². The number of likely N-dealkylation sites (N-methyl/N-ethyl adjacent to an activating group) is 1. The van der Waals surface area contributed by atoms with Crippen molar-refractivity contribution in [1.82, 2.24) is 25.5 Å². The molecule has 0 aliphatic carbocycles. The normalized spacial score (nSPS) is 19.6. The van der Waals surface area contributed by atoms with E-state index in [1.807, 2.05) is 0 Å². The van der Waals surface area contributed by atoms with Crippen LogP contribution in [0.3, 0.4) is 0 Å². The lowest BCUT2D eigenvalue weighted by Crippen LogP contribution is -2.71. The van der Waals surface area contributed by atoms with E-state index in [4.69, 9.17) is 33.1 Å². The Labute approximate surface area is 316 Å². The quantitative estimate of drug-likeness (QED) is 0.0259. The van der Waals surface area contributed by atoms with Crippen molar-refractivity contribution in [2.45, 2.75) is 43.7 Å². The third-order valence-corrected chi connectivity index (χ3v) is 11.5. The van der Waals surface area contributed by atoms with Crippen molar-refractivity contribution in [3.63, 3.8) is 0 Å². The number of carbonyl (C=O) groups excluding carboxylic acids is 3. The number of carboxylic acids is 1. The van der Waals surface area contributed by atoms with Crippen LogP contribution in [-0.4, -0.2) is 132 Å². The van der Waals surface area contributed by atoms with E-state index in [1.54, 1.807) is 0 Å². The number of hydrogen-bond donors (Lipinski definition) is 8. The van der Waals surface area contributed by atoms with Gasteiger partial charge in [-0.15, -0.1) is 23.1 Å². The summed E-state index contributed by atoms with van der Waals surface area (Å²) >= 11 is 8.49. The summed E-state index contributed by atoms with van der Waals surface area (Å²) in [6, 6.07) is 1.44. The molecule has 3 aliphatic heterocycles. The fourth-order valence-corrected chi connectivity index (χ4v) is 8.28. The minimum absolute atomic E-state index is 0.00830. The number of nitrogens with zero attached hydrogens (tertiary/aromatic N) is 6. The molecule has 3 aliphatic rings. The van der Waals surface area contributed by atoms with E-state index >= 15 is 0 Å². The first-order chi connectivity index (χ1) is 25.0. The number of benzene rings is 1. The molecular formula is C31H39ClN11O8S2+. The number of aliphatic carboxylic acids is 1. The number of β-lactam (4-membered cyclic amide) rings is 1. The third-order valence-electron chi connectivity index (χ3n) is 9.14. The van der Waals surface area contributed by atoms with Crippen LogP contribution in [0.5, 0.6) is 11.5 Å². The van der Waals surface area contributed by atoms with Crippen molar-refractivity contribution < 1.29 is 43.8 Å². The monoisotopic (exact) mass is 792 g/mol. The van der Waals surface area contributed by atoms with Crippen molar-refractivity contribution in [3.8, 4) is 11.5 Å². The van der Waals surface area contributed by atoms with Crippen LogP contribution in [-0.2, 0) is 19.2 Å². The fourth-order valence-electron chi connectivity index (χ4n) is 6.15. The highest BCUT2D eigenvalue weighted by Gasteiger charge is 2.55. The molecule has 0 radical (unpaired) electrons. The maximum atomic E-state index is 13.8. The van der Waals surface area contributed by atoms with Crippen molar-refractivity contribution in [2.75, 3.05) is 51.3 Å². The smallest absolute Gasteiger partial charge is 0.350 e. The van der Waals surface area contributed by atoms with Crippen LogP contribution in [0, 0.1) is 10.9 Å². The Morgan fingerprint density at radius 2 is 1.96 bits per heavy atom. The highest BCUT2D eigenvalue weighted by atomic mass is 35.5. The Bertz CT molecular complexity index is 1910.